The fraction of sp³-hybridized carbons (Fsp3) is 0.143. The van der Waals surface area contributed by atoms with Crippen molar-refractivity contribution in [2.24, 2.45) is 0 Å². The molecule has 0 aliphatic rings. The van der Waals surface area contributed by atoms with Gasteiger partial charge in [0.2, 0.25) is 0 Å². The summed E-state index contributed by atoms with van der Waals surface area (Å²) in [6, 6.07) is 11.4. The van der Waals surface area contributed by atoms with Crippen LogP contribution in [-0.2, 0) is 6.54 Å². The molecular weight excluding hydrogens is 272 g/mol. The monoisotopic (exact) mass is 284 g/mol. The molecule has 0 spiro atoms. The van der Waals surface area contributed by atoms with Gasteiger partial charge in [-0.3, -0.25) is 4.79 Å². The van der Waals surface area contributed by atoms with Crippen LogP contribution in [0.25, 0.3) is 11.3 Å². The van der Waals surface area contributed by atoms with Gasteiger partial charge in [-0.25, -0.2) is 0 Å². The molecule has 0 radical (unpaired) electrons. The van der Waals surface area contributed by atoms with E-state index in [0.29, 0.717) is 17.3 Å². The molecule has 0 unspecified atom stereocenters. The Bertz CT molecular complexity index is 748. The molecule has 21 heavy (non-hydrogen) atoms. The summed E-state index contributed by atoms with van der Waals surface area (Å²) in [6.45, 7) is 1.86. The third-order valence-electron chi connectivity index (χ3n) is 2.77. The van der Waals surface area contributed by atoms with Crippen molar-refractivity contribution < 1.29 is 13.8 Å². The first-order chi connectivity index (χ1) is 10.2. The second-order valence-electron chi connectivity index (χ2n) is 4.38. The molecule has 0 bridgehead atoms. The van der Waals surface area contributed by atoms with Gasteiger partial charge in [0, 0.05) is 11.6 Å². The fourth-order valence-electron chi connectivity index (χ4n) is 1.77. The van der Waals surface area contributed by atoms with Gasteiger partial charge in [0.25, 0.3) is 0 Å². The molecule has 1 amide bonds. The first-order valence-electron chi connectivity index (χ1n) is 6.32. The summed E-state index contributed by atoms with van der Waals surface area (Å²) in [5.41, 5.74) is 1.54. The van der Waals surface area contributed by atoms with E-state index in [2.05, 4.69) is 20.6 Å². The third kappa shape index (κ3) is 2.97. The number of amides is 1. The summed E-state index contributed by atoms with van der Waals surface area (Å²) >= 11 is 0. The zero-order valence-electron chi connectivity index (χ0n) is 11.2. The molecule has 1 aromatic carbocycles. The Morgan fingerprint density at radius 1 is 1.19 bits per heavy atom. The maximum absolute atomic E-state index is 11.7. The molecule has 106 valence electrons. The molecule has 0 aliphatic carbocycles. The number of benzene rings is 1. The zero-order valence-corrected chi connectivity index (χ0v) is 11.2. The van der Waals surface area contributed by atoms with Crippen LogP contribution in [0.1, 0.15) is 22.2 Å². The second-order valence-corrected chi connectivity index (χ2v) is 4.38. The maximum atomic E-state index is 11.7. The van der Waals surface area contributed by atoms with E-state index in [9.17, 15) is 4.79 Å². The van der Waals surface area contributed by atoms with Crippen molar-refractivity contribution in [2.45, 2.75) is 13.5 Å². The SMILES string of the molecule is Cc1noc(C(=O)NCc2cc(-c3ccccc3)on2)n1. The van der Waals surface area contributed by atoms with E-state index in [4.69, 9.17) is 9.05 Å². The van der Waals surface area contributed by atoms with Crippen LogP contribution in [0.5, 0.6) is 0 Å². The average molecular weight is 284 g/mol. The molecule has 3 aromatic rings. The molecule has 0 saturated heterocycles. The summed E-state index contributed by atoms with van der Waals surface area (Å²) in [5.74, 6) is 0.542. The van der Waals surface area contributed by atoms with E-state index in [1.54, 1.807) is 13.0 Å². The molecule has 1 N–H and O–H groups in total. The van der Waals surface area contributed by atoms with E-state index >= 15 is 0 Å². The standard InChI is InChI=1S/C14H12N4O3/c1-9-16-14(21-17-9)13(19)15-8-11-7-12(20-18-11)10-5-3-2-4-6-10/h2-7H,8H2,1H3,(H,15,19). The summed E-state index contributed by atoms with van der Waals surface area (Å²) in [4.78, 5) is 15.6. The highest BCUT2D eigenvalue weighted by Gasteiger charge is 2.14. The largest absolute Gasteiger partial charge is 0.356 e. The molecule has 7 nitrogen and oxygen atoms in total. The number of hydrogen-bond acceptors (Lipinski definition) is 6. The summed E-state index contributed by atoms with van der Waals surface area (Å²) in [5, 5.41) is 10.1. The smallest absolute Gasteiger partial charge is 0.315 e. The van der Waals surface area contributed by atoms with Gasteiger partial charge in [-0.1, -0.05) is 40.6 Å². The first-order valence-corrected chi connectivity index (χ1v) is 6.32. The van der Waals surface area contributed by atoms with E-state index in [-0.39, 0.29) is 12.4 Å². The lowest BCUT2D eigenvalue weighted by Gasteiger charge is -1.96. The Kier molecular flexibility index (Phi) is 3.46. The van der Waals surface area contributed by atoms with Gasteiger partial charge in [0.05, 0.1) is 6.54 Å². The third-order valence-corrected chi connectivity index (χ3v) is 2.77. The van der Waals surface area contributed by atoms with Crippen LogP contribution in [0.4, 0.5) is 0 Å². The minimum Gasteiger partial charge on any atom is -0.356 e. The van der Waals surface area contributed by atoms with Crippen LogP contribution in [0.15, 0.2) is 45.4 Å². The molecule has 0 saturated carbocycles. The maximum Gasteiger partial charge on any atom is 0.315 e. The van der Waals surface area contributed by atoms with Gasteiger partial charge < -0.3 is 14.4 Å². The summed E-state index contributed by atoms with van der Waals surface area (Å²) < 4.78 is 10.0. The van der Waals surface area contributed by atoms with Crippen molar-refractivity contribution in [1.82, 2.24) is 20.6 Å². The van der Waals surface area contributed by atoms with Crippen molar-refractivity contribution in [3.63, 3.8) is 0 Å². The van der Waals surface area contributed by atoms with Gasteiger partial charge in [-0.15, -0.1) is 0 Å². The number of carbonyl (C=O) groups is 1. The number of aryl methyl sites for hydroxylation is 1. The predicted octanol–water partition coefficient (Wildman–Crippen LogP) is 1.96. The molecule has 2 aromatic heterocycles. The van der Waals surface area contributed by atoms with Crippen molar-refractivity contribution >= 4 is 5.91 Å². The van der Waals surface area contributed by atoms with Crippen LogP contribution in [0, 0.1) is 6.92 Å². The Hall–Kier alpha value is -2.96. The number of hydrogen-bond donors (Lipinski definition) is 1. The molecule has 0 atom stereocenters. The highest BCUT2D eigenvalue weighted by Crippen LogP contribution is 2.19. The van der Waals surface area contributed by atoms with Gasteiger partial charge in [0.1, 0.15) is 5.69 Å². The van der Waals surface area contributed by atoms with E-state index in [1.165, 1.54) is 0 Å². The van der Waals surface area contributed by atoms with Crippen LogP contribution >= 0.6 is 0 Å². The van der Waals surface area contributed by atoms with Crippen LogP contribution in [0.2, 0.25) is 0 Å². The Morgan fingerprint density at radius 3 is 2.71 bits per heavy atom. The fourth-order valence-corrected chi connectivity index (χ4v) is 1.77. The van der Waals surface area contributed by atoms with Gasteiger partial charge in [-0.05, 0) is 6.92 Å². The minimum atomic E-state index is -0.445. The number of rotatable bonds is 4. The van der Waals surface area contributed by atoms with E-state index < -0.39 is 5.91 Å². The summed E-state index contributed by atoms with van der Waals surface area (Å²) in [6.07, 6.45) is 0. The lowest BCUT2D eigenvalue weighted by molar-refractivity contribution is 0.0906. The van der Waals surface area contributed by atoms with Gasteiger partial charge >= 0.3 is 11.8 Å². The summed E-state index contributed by atoms with van der Waals surface area (Å²) in [7, 11) is 0. The number of nitrogens with one attached hydrogen (secondary N) is 1. The molecule has 0 fully saturated rings. The topological polar surface area (TPSA) is 94.1 Å². The molecule has 3 rings (SSSR count). The molecule has 7 heteroatoms. The van der Waals surface area contributed by atoms with Crippen molar-refractivity contribution in [1.29, 1.82) is 0 Å². The molecule has 0 aliphatic heterocycles. The van der Waals surface area contributed by atoms with E-state index in [0.717, 1.165) is 5.56 Å². The van der Waals surface area contributed by atoms with Crippen molar-refractivity contribution in [2.75, 3.05) is 0 Å². The highest BCUT2D eigenvalue weighted by molar-refractivity contribution is 5.89. The quantitative estimate of drug-likeness (QED) is 0.787. The van der Waals surface area contributed by atoms with Crippen LogP contribution in [0.3, 0.4) is 0 Å². The highest BCUT2D eigenvalue weighted by atomic mass is 16.5. The van der Waals surface area contributed by atoms with Crippen LogP contribution in [-0.4, -0.2) is 21.2 Å². The Morgan fingerprint density at radius 2 is 2.00 bits per heavy atom. The molecular formula is C14H12N4O3. The van der Waals surface area contributed by atoms with Crippen molar-refractivity contribution in [3.8, 4) is 11.3 Å². The Labute approximate surface area is 120 Å². The lowest BCUT2D eigenvalue weighted by Crippen LogP contribution is -2.23. The van der Waals surface area contributed by atoms with Crippen molar-refractivity contribution in [3.05, 3.63) is 53.8 Å². The van der Waals surface area contributed by atoms with E-state index in [1.807, 2.05) is 30.3 Å². The minimum absolute atomic E-state index is 0.0701. The van der Waals surface area contributed by atoms with Gasteiger partial charge in [0.15, 0.2) is 11.6 Å². The number of aromatic nitrogens is 3. The predicted molar refractivity (Wildman–Crippen MR) is 72.1 cm³/mol. The zero-order chi connectivity index (χ0) is 14.7. The lowest BCUT2D eigenvalue weighted by atomic mass is 10.2. The van der Waals surface area contributed by atoms with Crippen LogP contribution < -0.4 is 5.32 Å². The Balaban J connectivity index is 1.64. The first kappa shape index (κ1) is 13.0. The molecule has 2 heterocycles. The number of nitrogens with zero attached hydrogens (tertiary/aromatic N) is 3. The normalized spacial score (nSPS) is 10.5. The number of carbonyl (C=O) groups excluding carboxylic acids is 1. The average Bonchev–Trinajstić information content (AvgIpc) is 3.15. The second kappa shape index (κ2) is 5.58. The van der Waals surface area contributed by atoms with Gasteiger partial charge in [-0.2, -0.15) is 4.98 Å².